The minimum absolute atomic E-state index is 0.0728. The zero-order chi connectivity index (χ0) is 13.7. The number of benzene rings is 2. The molecule has 3 aromatic rings. The first-order valence-electron chi connectivity index (χ1n) is 6.40. The maximum atomic E-state index is 13.5. The van der Waals surface area contributed by atoms with Crippen molar-refractivity contribution < 1.29 is 9.18 Å². The number of hydrogen-bond donors (Lipinski definition) is 2. The predicted octanol–water partition coefficient (Wildman–Crippen LogP) is 3.39. The number of H-pyrrole nitrogens is 1. The standard InChI is InChI=1S/C16H11FN2O/c17-9-5-6-13-11(7-9)12(8-18-13)15-10-3-1-2-4-14(10)19-16(15)20/h1-8,15,18H,(H,19,20). The number of para-hydroxylation sites is 1. The summed E-state index contributed by atoms with van der Waals surface area (Å²) >= 11 is 0. The average Bonchev–Trinajstić information content (AvgIpc) is 2.98. The quantitative estimate of drug-likeness (QED) is 0.696. The van der Waals surface area contributed by atoms with Gasteiger partial charge in [0.25, 0.3) is 0 Å². The maximum Gasteiger partial charge on any atom is 0.236 e. The smallest absolute Gasteiger partial charge is 0.236 e. The highest BCUT2D eigenvalue weighted by molar-refractivity contribution is 6.07. The lowest BCUT2D eigenvalue weighted by molar-refractivity contribution is -0.116. The number of anilines is 1. The first-order valence-corrected chi connectivity index (χ1v) is 6.40. The van der Waals surface area contributed by atoms with Crippen LogP contribution in [0.25, 0.3) is 10.9 Å². The molecule has 0 bridgehead atoms. The fourth-order valence-corrected chi connectivity index (χ4v) is 2.87. The fourth-order valence-electron chi connectivity index (χ4n) is 2.87. The highest BCUT2D eigenvalue weighted by Gasteiger charge is 2.33. The number of carbonyl (C=O) groups excluding carboxylic acids is 1. The second-order valence-corrected chi connectivity index (χ2v) is 4.94. The predicted molar refractivity (Wildman–Crippen MR) is 75.2 cm³/mol. The van der Waals surface area contributed by atoms with E-state index < -0.39 is 0 Å². The average molecular weight is 266 g/mol. The molecule has 20 heavy (non-hydrogen) atoms. The van der Waals surface area contributed by atoms with E-state index in [1.54, 1.807) is 12.3 Å². The summed E-state index contributed by atoms with van der Waals surface area (Å²) in [5.41, 5.74) is 3.40. The second kappa shape index (κ2) is 3.93. The van der Waals surface area contributed by atoms with Crippen molar-refractivity contribution in [3.63, 3.8) is 0 Å². The number of carbonyl (C=O) groups is 1. The fraction of sp³-hybridized carbons (Fsp3) is 0.0625. The van der Waals surface area contributed by atoms with Gasteiger partial charge in [0.2, 0.25) is 5.91 Å². The highest BCUT2D eigenvalue weighted by Crippen LogP contribution is 2.39. The first-order chi connectivity index (χ1) is 9.74. The molecule has 2 N–H and O–H groups in total. The number of amides is 1. The summed E-state index contributed by atoms with van der Waals surface area (Å²) in [7, 11) is 0. The molecule has 0 fully saturated rings. The van der Waals surface area contributed by atoms with Gasteiger partial charge in [-0.05, 0) is 35.4 Å². The SMILES string of the molecule is O=C1Nc2ccccc2C1c1c[nH]c2ccc(F)cc12. The molecule has 98 valence electrons. The largest absolute Gasteiger partial charge is 0.361 e. The molecule has 0 saturated carbocycles. The van der Waals surface area contributed by atoms with Crippen LogP contribution in [0.4, 0.5) is 10.1 Å². The van der Waals surface area contributed by atoms with Gasteiger partial charge in [0.1, 0.15) is 5.82 Å². The van der Waals surface area contributed by atoms with Crippen molar-refractivity contribution in [2.45, 2.75) is 5.92 Å². The van der Waals surface area contributed by atoms with Gasteiger partial charge >= 0.3 is 0 Å². The van der Waals surface area contributed by atoms with E-state index >= 15 is 0 Å². The van der Waals surface area contributed by atoms with E-state index in [2.05, 4.69) is 10.3 Å². The monoisotopic (exact) mass is 266 g/mol. The van der Waals surface area contributed by atoms with Gasteiger partial charge in [-0.25, -0.2) is 4.39 Å². The Morgan fingerprint density at radius 1 is 1.05 bits per heavy atom. The molecule has 3 nitrogen and oxygen atoms in total. The number of rotatable bonds is 1. The van der Waals surface area contributed by atoms with Crippen molar-refractivity contribution in [1.29, 1.82) is 0 Å². The van der Waals surface area contributed by atoms with Crippen LogP contribution in [0.3, 0.4) is 0 Å². The zero-order valence-corrected chi connectivity index (χ0v) is 10.5. The summed E-state index contributed by atoms with van der Waals surface area (Å²) in [4.78, 5) is 15.3. The van der Waals surface area contributed by atoms with Crippen molar-refractivity contribution in [1.82, 2.24) is 4.98 Å². The summed E-state index contributed by atoms with van der Waals surface area (Å²) in [6, 6.07) is 12.2. The molecular formula is C16H11FN2O. The van der Waals surface area contributed by atoms with Gasteiger partial charge in [-0.2, -0.15) is 0 Å². The van der Waals surface area contributed by atoms with Gasteiger partial charge in [0, 0.05) is 22.8 Å². The Balaban J connectivity index is 1.95. The van der Waals surface area contributed by atoms with Crippen LogP contribution in [0.1, 0.15) is 17.0 Å². The minimum Gasteiger partial charge on any atom is -0.361 e. The Morgan fingerprint density at radius 3 is 2.80 bits per heavy atom. The molecule has 0 radical (unpaired) electrons. The number of nitrogens with one attached hydrogen (secondary N) is 2. The first kappa shape index (κ1) is 11.2. The lowest BCUT2D eigenvalue weighted by atomic mass is 9.92. The van der Waals surface area contributed by atoms with E-state index in [9.17, 15) is 9.18 Å². The molecule has 4 heteroatoms. The Labute approximate surface area is 114 Å². The Hall–Kier alpha value is -2.62. The van der Waals surface area contributed by atoms with Gasteiger partial charge in [0.15, 0.2) is 0 Å². The molecular weight excluding hydrogens is 255 g/mol. The van der Waals surface area contributed by atoms with E-state index in [0.29, 0.717) is 0 Å². The van der Waals surface area contributed by atoms with Gasteiger partial charge in [-0.15, -0.1) is 0 Å². The van der Waals surface area contributed by atoms with E-state index in [1.165, 1.54) is 12.1 Å². The van der Waals surface area contributed by atoms with Gasteiger partial charge < -0.3 is 10.3 Å². The Bertz CT molecular complexity index is 837. The zero-order valence-electron chi connectivity index (χ0n) is 10.5. The molecule has 4 rings (SSSR count). The molecule has 2 aromatic carbocycles. The van der Waals surface area contributed by atoms with E-state index in [4.69, 9.17) is 0 Å². The Morgan fingerprint density at radius 2 is 1.90 bits per heavy atom. The second-order valence-electron chi connectivity index (χ2n) is 4.94. The molecule has 1 aliphatic rings. The third-order valence-electron chi connectivity index (χ3n) is 3.78. The highest BCUT2D eigenvalue weighted by atomic mass is 19.1. The van der Waals surface area contributed by atoms with E-state index in [0.717, 1.165) is 27.7 Å². The lowest BCUT2D eigenvalue weighted by Crippen LogP contribution is -2.12. The molecule has 0 saturated heterocycles. The molecule has 0 aliphatic carbocycles. The summed E-state index contributed by atoms with van der Waals surface area (Å²) in [5.74, 6) is -0.761. The van der Waals surface area contributed by atoms with Crippen LogP contribution in [-0.4, -0.2) is 10.9 Å². The number of aromatic amines is 1. The molecule has 2 heterocycles. The van der Waals surface area contributed by atoms with Crippen molar-refractivity contribution >= 4 is 22.5 Å². The van der Waals surface area contributed by atoms with Crippen LogP contribution in [-0.2, 0) is 4.79 Å². The van der Waals surface area contributed by atoms with Gasteiger partial charge in [-0.1, -0.05) is 18.2 Å². The van der Waals surface area contributed by atoms with Crippen LogP contribution < -0.4 is 5.32 Å². The summed E-state index contributed by atoms with van der Waals surface area (Å²) in [6.07, 6.45) is 1.79. The third kappa shape index (κ3) is 1.48. The molecule has 0 spiro atoms. The maximum absolute atomic E-state index is 13.5. The number of halogens is 1. The van der Waals surface area contributed by atoms with Crippen LogP contribution >= 0.6 is 0 Å². The van der Waals surface area contributed by atoms with Gasteiger partial charge in [0.05, 0.1) is 5.92 Å². The number of fused-ring (bicyclic) bond motifs is 2. The third-order valence-corrected chi connectivity index (χ3v) is 3.78. The topological polar surface area (TPSA) is 44.9 Å². The summed E-state index contributed by atoms with van der Waals surface area (Å²) in [6.45, 7) is 0. The molecule has 1 aliphatic heterocycles. The van der Waals surface area contributed by atoms with Crippen LogP contribution in [0.2, 0.25) is 0 Å². The van der Waals surface area contributed by atoms with Crippen molar-refractivity contribution in [2.24, 2.45) is 0 Å². The van der Waals surface area contributed by atoms with Crippen molar-refractivity contribution in [2.75, 3.05) is 5.32 Å². The van der Waals surface area contributed by atoms with Crippen molar-refractivity contribution in [3.05, 3.63) is 65.6 Å². The molecule has 1 unspecified atom stereocenters. The van der Waals surface area contributed by atoms with E-state index in [1.807, 2.05) is 24.3 Å². The van der Waals surface area contributed by atoms with Crippen LogP contribution in [0.5, 0.6) is 0 Å². The molecule has 1 amide bonds. The Kier molecular flexibility index (Phi) is 2.21. The van der Waals surface area contributed by atoms with Crippen LogP contribution in [0, 0.1) is 5.82 Å². The van der Waals surface area contributed by atoms with E-state index in [-0.39, 0.29) is 17.6 Å². The number of aromatic nitrogens is 1. The van der Waals surface area contributed by atoms with Crippen molar-refractivity contribution in [3.8, 4) is 0 Å². The lowest BCUT2D eigenvalue weighted by Gasteiger charge is -2.07. The van der Waals surface area contributed by atoms with Crippen LogP contribution in [0.15, 0.2) is 48.7 Å². The minimum atomic E-state index is -0.387. The normalized spacial score (nSPS) is 17.2. The summed E-state index contributed by atoms with van der Waals surface area (Å²) in [5, 5.41) is 3.62. The van der Waals surface area contributed by atoms with Gasteiger partial charge in [-0.3, -0.25) is 4.79 Å². The summed E-state index contributed by atoms with van der Waals surface area (Å²) < 4.78 is 13.5. The molecule has 1 atom stereocenters. The molecule has 1 aromatic heterocycles. The number of hydrogen-bond acceptors (Lipinski definition) is 1.